The topological polar surface area (TPSA) is 107 Å². The van der Waals surface area contributed by atoms with E-state index in [-0.39, 0.29) is 19.2 Å². The van der Waals surface area contributed by atoms with Crippen molar-refractivity contribution in [1.82, 2.24) is 0 Å². The van der Waals surface area contributed by atoms with E-state index in [0.717, 1.165) is 44.9 Å². The maximum atomic E-state index is 11.7. The number of rotatable bonds is 16. The van der Waals surface area contributed by atoms with Gasteiger partial charge in [-0.1, -0.05) is 51.9 Å². The first-order valence-corrected chi connectivity index (χ1v) is 13.1. The fourth-order valence-electron chi connectivity index (χ4n) is 4.01. The number of ether oxygens (including phenoxy) is 3. The van der Waals surface area contributed by atoms with Gasteiger partial charge in [0.05, 0.1) is 31.0 Å². The van der Waals surface area contributed by atoms with Crippen molar-refractivity contribution in [2.75, 3.05) is 13.2 Å². The van der Waals surface area contributed by atoms with Crippen LogP contribution in [0, 0.1) is 0 Å². The molecule has 0 amide bonds. The van der Waals surface area contributed by atoms with E-state index in [9.17, 15) is 9.36 Å². The zero-order valence-electron chi connectivity index (χ0n) is 18.0. The number of hydrogen-bond donors (Lipinski definition) is 1. The van der Waals surface area contributed by atoms with Crippen LogP contribution in [0.2, 0.25) is 0 Å². The molecule has 3 fully saturated rings. The lowest BCUT2D eigenvalue weighted by atomic mass is 10.0. The molecule has 3 saturated heterocycles. The number of hydrogen-bond acceptors (Lipinski definition) is 7. The summed E-state index contributed by atoms with van der Waals surface area (Å²) in [6, 6.07) is 0. The summed E-state index contributed by atoms with van der Waals surface area (Å²) in [5.41, 5.74) is 0. The fraction of sp³-hybridized carbons (Fsp3) is 0.952. The smallest absolute Gasteiger partial charge is 0.463 e. The summed E-state index contributed by atoms with van der Waals surface area (Å²) >= 11 is 0. The average Bonchev–Trinajstić information content (AvgIpc) is 3.60. The minimum Gasteiger partial charge on any atom is -0.463 e. The van der Waals surface area contributed by atoms with Crippen LogP contribution < -0.4 is 0 Å². The molecular formula is C21H37O8P. The highest BCUT2D eigenvalue weighted by Gasteiger charge is 2.47. The summed E-state index contributed by atoms with van der Waals surface area (Å²) in [6.45, 7) is 2.16. The van der Waals surface area contributed by atoms with Crippen molar-refractivity contribution in [3.05, 3.63) is 0 Å². The number of unbranched alkanes of at least 4 members (excludes halogenated alkanes) is 6. The van der Waals surface area contributed by atoms with E-state index < -0.39 is 13.9 Å². The molecule has 0 aromatic heterocycles. The Morgan fingerprint density at radius 1 is 0.967 bits per heavy atom. The molecule has 0 aromatic carbocycles. The maximum absolute atomic E-state index is 11.7. The van der Waals surface area contributed by atoms with Crippen LogP contribution in [-0.2, 0) is 32.6 Å². The predicted molar refractivity (Wildman–Crippen MR) is 110 cm³/mol. The summed E-state index contributed by atoms with van der Waals surface area (Å²) in [5, 5.41) is 0. The van der Waals surface area contributed by atoms with Gasteiger partial charge >= 0.3 is 13.8 Å². The Balaban J connectivity index is 1.08. The van der Waals surface area contributed by atoms with Gasteiger partial charge in [-0.2, -0.15) is 0 Å². The average molecular weight is 448 g/mol. The Kier molecular flexibility index (Phi) is 9.61. The first-order chi connectivity index (χ1) is 14.5. The van der Waals surface area contributed by atoms with Crippen LogP contribution in [0.15, 0.2) is 0 Å². The standard InChI is InChI=1S/C21H37O8P/c1-2-3-7-10-17-19(27-17)13-20-18(28-20)11-8-5-4-6-9-12-21(22)25-14-16-15-26-30(23,24)29-16/h16-20H,2-15H2,1H3,(H,23,24). The highest BCUT2D eigenvalue weighted by molar-refractivity contribution is 7.47. The molecule has 9 heteroatoms. The Morgan fingerprint density at radius 2 is 1.60 bits per heavy atom. The molecular weight excluding hydrogens is 411 g/mol. The van der Waals surface area contributed by atoms with Crippen LogP contribution in [0.4, 0.5) is 0 Å². The highest BCUT2D eigenvalue weighted by atomic mass is 31.2. The largest absolute Gasteiger partial charge is 0.472 e. The first kappa shape index (κ1) is 24.1. The van der Waals surface area contributed by atoms with Crippen molar-refractivity contribution in [2.24, 2.45) is 0 Å². The molecule has 0 aromatic rings. The van der Waals surface area contributed by atoms with E-state index >= 15 is 0 Å². The molecule has 3 heterocycles. The molecule has 30 heavy (non-hydrogen) atoms. The summed E-state index contributed by atoms with van der Waals surface area (Å²) in [4.78, 5) is 20.8. The number of esters is 1. The normalized spacial score (nSPS) is 34.8. The number of phosphoric ester groups is 1. The molecule has 3 aliphatic heterocycles. The van der Waals surface area contributed by atoms with E-state index in [4.69, 9.17) is 23.6 Å². The summed E-state index contributed by atoms with van der Waals surface area (Å²) in [7, 11) is -3.92. The molecule has 1 N–H and O–H groups in total. The molecule has 0 bridgehead atoms. The van der Waals surface area contributed by atoms with Crippen LogP contribution in [0.3, 0.4) is 0 Å². The van der Waals surface area contributed by atoms with Gasteiger partial charge in [0.2, 0.25) is 0 Å². The summed E-state index contributed by atoms with van der Waals surface area (Å²) in [5.74, 6) is -0.303. The van der Waals surface area contributed by atoms with Gasteiger partial charge < -0.3 is 19.1 Å². The molecule has 3 rings (SSSR count). The highest BCUT2D eigenvalue weighted by Crippen LogP contribution is 2.49. The van der Waals surface area contributed by atoms with Crippen molar-refractivity contribution in [3.63, 3.8) is 0 Å². The van der Waals surface area contributed by atoms with E-state index in [1.807, 2.05) is 0 Å². The van der Waals surface area contributed by atoms with Crippen molar-refractivity contribution < 1.29 is 37.5 Å². The minimum atomic E-state index is -3.92. The Hall–Kier alpha value is -0.500. The predicted octanol–water partition coefficient (Wildman–Crippen LogP) is 4.28. The quantitative estimate of drug-likeness (QED) is 0.161. The Labute approximate surface area is 179 Å². The lowest BCUT2D eigenvalue weighted by molar-refractivity contribution is -0.146. The van der Waals surface area contributed by atoms with Gasteiger partial charge in [0.1, 0.15) is 12.7 Å². The zero-order chi connectivity index (χ0) is 21.4. The summed E-state index contributed by atoms with van der Waals surface area (Å²) in [6.07, 6.45) is 13.9. The van der Waals surface area contributed by atoms with Gasteiger partial charge in [-0.05, 0) is 19.3 Å². The van der Waals surface area contributed by atoms with Crippen LogP contribution >= 0.6 is 7.82 Å². The minimum absolute atomic E-state index is 0.0279. The fourth-order valence-corrected chi connectivity index (χ4v) is 4.93. The summed E-state index contributed by atoms with van der Waals surface area (Å²) < 4.78 is 37.0. The van der Waals surface area contributed by atoms with E-state index in [0.29, 0.717) is 30.8 Å². The van der Waals surface area contributed by atoms with Gasteiger partial charge in [0, 0.05) is 12.8 Å². The van der Waals surface area contributed by atoms with Gasteiger partial charge in [0.25, 0.3) is 0 Å². The molecule has 6 unspecified atom stereocenters. The van der Waals surface area contributed by atoms with Crippen molar-refractivity contribution in [2.45, 2.75) is 114 Å². The Morgan fingerprint density at radius 3 is 2.23 bits per heavy atom. The molecule has 3 aliphatic rings. The van der Waals surface area contributed by atoms with Gasteiger partial charge in [-0.25, -0.2) is 4.57 Å². The van der Waals surface area contributed by atoms with E-state index in [2.05, 4.69) is 11.4 Å². The number of phosphoric acid groups is 1. The molecule has 6 atom stereocenters. The van der Waals surface area contributed by atoms with Crippen molar-refractivity contribution in [1.29, 1.82) is 0 Å². The second-order valence-electron chi connectivity index (χ2n) is 8.64. The van der Waals surface area contributed by atoms with Gasteiger partial charge in [-0.3, -0.25) is 13.8 Å². The van der Waals surface area contributed by atoms with Gasteiger partial charge in [-0.15, -0.1) is 0 Å². The van der Waals surface area contributed by atoms with E-state index in [1.54, 1.807) is 0 Å². The molecule has 0 spiro atoms. The van der Waals surface area contributed by atoms with Crippen LogP contribution in [-0.4, -0.2) is 54.6 Å². The third kappa shape index (κ3) is 8.93. The lowest BCUT2D eigenvalue weighted by Gasteiger charge is -2.08. The molecule has 0 aliphatic carbocycles. The van der Waals surface area contributed by atoms with E-state index in [1.165, 1.54) is 25.7 Å². The SMILES string of the molecule is CCCCCC1OC1CC1OC1CCCCCCCC(=O)OCC1COP(=O)(O)O1. The third-order valence-corrected chi connectivity index (χ3v) is 6.98. The first-order valence-electron chi connectivity index (χ1n) is 11.6. The third-order valence-electron chi connectivity index (χ3n) is 5.94. The number of carbonyl (C=O) groups excluding carboxylic acids is 1. The van der Waals surface area contributed by atoms with Crippen LogP contribution in [0.1, 0.15) is 84.0 Å². The van der Waals surface area contributed by atoms with Crippen molar-refractivity contribution in [3.8, 4) is 0 Å². The molecule has 174 valence electrons. The molecule has 8 nitrogen and oxygen atoms in total. The number of epoxide rings is 2. The van der Waals surface area contributed by atoms with Crippen LogP contribution in [0.25, 0.3) is 0 Å². The van der Waals surface area contributed by atoms with Gasteiger partial charge in [0.15, 0.2) is 0 Å². The Bertz CT molecular complexity index is 585. The molecule has 0 radical (unpaired) electrons. The monoisotopic (exact) mass is 448 g/mol. The second-order valence-corrected chi connectivity index (χ2v) is 10.0. The lowest BCUT2D eigenvalue weighted by Crippen LogP contribution is -2.20. The molecule has 0 saturated carbocycles. The number of carbonyl (C=O) groups is 1. The van der Waals surface area contributed by atoms with Crippen LogP contribution in [0.5, 0.6) is 0 Å². The second kappa shape index (κ2) is 11.9. The zero-order valence-corrected chi connectivity index (χ0v) is 18.9. The maximum Gasteiger partial charge on any atom is 0.472 e. The van der Waals surface area contributed by atoms with Crippen molar-refractivity contribution >= 4 is 13.8 Å².